The van der Waals surface area contributed by atoms with Crippen LogP contribution in [0.5, 0.6) is 0 Å². The van der Waals surface area contributed by atoms with Gasteiger partial charge in [-0.1, -0.05) is 0 Å². The van der Waals surface area contributed by atoms with E-state index in [9.17, 15) is 9.59 Å². The summed E-state index contributed by atoms with van der Waals surface area (Å²) in [5.41, 5.74) is 5.25. The predicted octanol–water partition coefficient (Wildman–Crippen LogP) is -0.916. The van der Waals surface area contributed by atoms with Gasteiger partial charge in [0.05, 0.1) is 0 Å². The average molecular weight is 216 g/mol. The minimum atomic E-state index is -0.907. The molecule has 6 nitrogen and oxygen atoms in total. The van der Waals surface area contributed by atoms with E-state index in [2.05, 4.69) is 5.32 Å². The lowest BCUT2D eigenvalue weighted by atomic mass is 10.2. The maximum atomic E-state index is 11.2. The maximum Gasteiger partial charge on any atom is 0.320 e. The number of ether oxygens (including phenoxy) is 1. The second-order valence-electron chi connectivity index (χ2n) is 3.54. The third-order valence-corrected chi connectivity index (χ3v) is 2.27. The fraction of sp³-hybridized carbons (Fsp3) is 0.778. The molecule has 0 radical (unpaired) electrons. The fourth-order valence-corrected chi connectivity index (χ4v) is 1.47. The molecule has 1 unspecified atom stereocenters. The second-order valence-corrected chi connectivity index (χ2v) is 3.54. The van der Waals surface area contributed by atoms with E-state index in [1.54, 1.807) is 0 Å². The molecule has 1 fully saturated rings. The predicted molar refractivity (Wildman–Crippen MR) is 52.2 cm³/mol. The molecule has 0 aromatic heterocycles. The van der Waals surface area contributed by atoms with Crippen LogP contribution in [-0.4, -0.2) is 42.3 Å². The third kappa shape index (κ3) is 3.85. The average Bonchev–Trinajstić information content (AvgIpc) is 2.63. The molecule has 1 rings (SSSR count). The lowest BCUT2D eigenvalue weighted by Crippen LogP contribution is -2.30. The van der Waals surface area contributed by atoms with Gasteiger partial charge in [-0.3, -0.25) is 9.59 Å². The summed E-state index contributed by atoms with van der Waals surface area (Å²) in [5.74, 6) is -1.21. The van der Waals surface area contributed by atoms with Crippen LogP contribution in [0.1, 0.15) is 19.3 Å². The van der Waals surface area contributed by atoms with Crippen molar-refractivity contribution in [1.29, 1.82) is 0 Å². The first-order chi connectivity index (χ1) is 7.13. The van der Waals surface area contributed by atoms with Gasteiger partial charge in [0.25, 0.3) is 0 Å². The molecule has 2 atom stereocenters. The summed E-state index contributed by atoms with van der Waals surface area (Å²) in [6.07, 6.45) is 0.909. The number of carbonyl (C=O) groups is 2. The molecule has 0 aromatic rings. The Morgan fingerprint density at radius 2 is 2.27 bits per heavy atom. The normalized spacial score (nSPS) is 25.1. The molecule has 6 heteroatoms. The number of hydrogen-bond acceptors (Lipinski definition) is 5. The van der Waals surface area contributed by atoms with Crippen LogP contribution in [0.15, 0.2) is 0 Å². The molecule has 1 aliphatic rings. The first-order valence-corrected chi connectivity index (χ1v) is 4.99. The molecule has 1 heterocycles. The summed E-state index contributed by atoms with van der Waals surface area (Å²) in [5, 5.41) is 11.5. The SMILES string of the molecule is NCCCC(=O)OC1CN[C@H](C(=O)O)C1. The first-order valence-electron chi connectivity index (χ1n) is 4.99. The largest absolute Gasteiger partial charge is 0.480 e. The number of esters is 1. The summed E-state index contributed by atoms with van der Waals surface area (Å²) in [6.45, 7) is 0.862. The van der Waals surface area contributed by atoms with E-state index in [4.69, 9.17) is 15.6 Å². The minimum absolute atomic E-state index is 0.296. The number of rotatable bonds is 5. The highest BCUT2D eigenvalue weighted by molar-refractivity contribution is 5.74. The number of carbonyl (C=O) groups excluding carboxylic acids is 1. The van der Waals surface area contributed by atoms with E-state index >= 15 is 0 Å². The standard InChI is InChI=1S/C9H16N2O4/c10-3-1-2-8(12)15-6-4-7(9(13)14)11-5-6/h6-7,11H,1-5,10H2,(H,13,14)/t6?,7-/m0/s1. The van der Waals surface area contributed by atoms with Gasteiger partial charge >= 0.3 is 11.9 Å². The smallest absolute Gasteiger partial charge is 0.320 e. The number of nitrogens with one attached hydrogen (secondary N) is 1. The summed E-state index contributed by atoms with van der Waals surface area (Å²) < 4.78 is 5.07. The van der Waals surface area contributed by atoms with Crippen molar-refractivity contribution in [2.24, 2.45) is 5.73 Å². The van der Waals surface area contributed by atoms with Gasteiger partial charge in [-0.2, -0.15) is 0 Å². The third-order valence-electron chi connectivity index (χ3n) is 2.27. The van der Waals surface area contributed by atoms with Crippen molar-refractivity contribution < 1.29 is 19.4 Å². The molecular weight excluding hydrogens is 200 g/mol. The van der Waals surface area contributed by atoms with Gasteiger partial charge in [0.2, 0.25) is 0 Å². The van der Waals surface area contributed by atoms with Crippen molar-refractivity contribution in [3.05, 3.63) is 0 Å². The Hall–Kier alpha value is -1.14. The zero-order valence-corrected chi connectivity index (χ0v) is 8.44. The lowest BCUT2D eigenvalue weighted by Gasteiger charge is -2.10. The van der Waals surface area contributed by atoms with Crippen molar-refractivity contribution in [1.82, 2.24) is 5.32 Å². The van der Waals surface area contributed by atoms with E-state index in [0.29, 0.717) is 32.4 Å². The van der Waals surface area contributed by atoms with Crippen LogP contribution in [0.3, 0.4) is 0 Å². The van der Waals surface area contributed by atoms with E-state index in [1.165, 1.54) is 0 Å². The van der Waals surface area contributed by atoms with Crippen molar-refractivity contribution in [2.45, 2.75) is 31.4 Å². The van der Waals surface area contributed by atoms with E-state index in [-0.39, 0.29) is 12.1 Å². The highest BCUT2D eigenvalue weighted by Crippen LogP contribution is 2.11. The van der Waals surface area contributed by atoms with Crippen LogP contribution in [0.25, 0.3) is 0 Å². The van der Waals surface area contributed by atoms with Crippen molar-refractivity contribution in [2.75, 3.05) is 13.1 Å². The number of aliphatic carboxylic acids is 1. The van der Waals surface area contributed by atoms with Crippen LogP contribution < -0.4 is 11.1 Å². The van der Waals surface area contributed by atoms with Crippen LogP contribution >= 0.6 is 0 Å². The number of nitrogens with two attached hydrogens (primary N) is 1. The molecular formula is C9H16N2O4. The monoisotopic (exact) mass is 216 g/mol. The van der Waals surface area contributed by atoms with Gasteiger partial charge in [0, 0.05) is 19.4 Å². The molecule has 0 aliphatic carbocycles. The number of carboxylic acids is 1. The summed E-state index contributed by atoms with van der Waals surface area (Å²) in [4.78, 5) is 21.8. The first kappa shape index (κ1) is 11.9. The van der Waals surface area contributed by atoms with Crippen LogP contribution in [0.4, 0.5) is 0 Å². The summed E-state index contributed by atoms with van der Waals surface area (Å²) in [7, 11) is 0. The molecule has 0 aromatic carbocycles. The molecule has 0 spiro atoms. The van der Waals surface area contributed by atoms with Gasteiger partial charge in [-0.15, -0.1) is 0 Å². The van der Waals surface area contributed by atoms with Crippen LogP contribution in [0, 0.1) is 0 Å². The van der Waals surface area contributed by atoms with Crippen molar-refractivity contribution in [3.8, 4) is 0 Å². The van der Waals surface area contributed by atoms with Crippen LogP contribution in [-0.2, 0) is 14.3 Å². The van der Waals surface area contributed by atoms with Gasteiger partial charge in [0.15, 0.2) is 0 Å². The molecule has 1 aliphatic heterocycles. The zero-order valence-electron chi connectivity index (χ0n) is 8.44. The van der Waals surface area contributed by atoms with Crippen molar-refractivity contribution in [3.63, 3.8) is 0 Å². The van der Waals surface area contributed by atoms with Gasteiger partial charge < -0.3 is 20.9 Å². The Bertz CT molecular complexity index is 244. The number of carboxylic acid groups (broad SMARTS) is 1. The Morgan fingerprint density at radius 3 is 2.80 bits per heavy atom. The van der Waals surface area contributed by atoms with E-state index in [0.717, 1.165) is 0 Å². The molecule has 0 amide bonds. The minimum Gasteiger partial charge on any atom is -0.480 e. The van der Waals surface area contributed by atoms with Gasteiger partial charge in [-0.25, -0.2) is 0 Å². The quantitative estimate of drug-likeness (QED) is 0.514. The Balaban J connectivity index is 2.23. The highest BCUT2D eigenvalue weighted by atomic mass is 16.5. The fourth-order valence-electron chi connectivity index (χ4n) is 1.47. The van der Waals surface area contributed by atoms with Gasteiger partial charge in [-0.05, 0) is 13.0 Å². The summed E-state index contributed by atoms with van der Waals surface area (Å²) in [6, 6.07) is -0.600. The van der Waals surface area contributed by atoms with Crippen LogP contribution in [0.2, 0.25) is 0 Å². The molecule has 15 heavy (non-hydrogen) atoms. The molecule has 1 saturated heterocycles. The Labute approximate surface area is 87.8 Å². The Kier molecular flexibility index (Phi) is 4.51. The van der Waals surface area contributed by atoms with E-state index < -0.39 is 12.0 Å². The number of hydrogen-bond donors (Lipinski definition) is 3. The second kappa shape index (κ2) is 5.67. The summed E-state index contributed by atoms with van der Waals surface area (Å²) >= 11 is 0. The molecule has 86 valence electrons. The maximum absolute atomic E-state index is 11.2. The molecule has 0 saturated carbocycles. The molecule has 0 bridgehead atoms. The zero-order chi connectivity index (χ0) is 11.3. The highest BCUT2D eigenvalue weighted by Gasteiger charge is 2.31. The molecule has 4 N–H and O–H groups in total. The van der Waals surface area contributed by atoms with E-state index in [1.807, 2.05) is 0 Å². The van der Waals surface area contributed by atoms with Crippen molar-refractivity contribution >= 4 is 11.9 Å². The Morgan fingerprint density at radius 1 is 1.53 bits per heavy atom. The topological polar surface area (TPSA) is 102 Å². The lowest BCUT2D eigenvalue weighted by molar-refractivity contribution is -0.149. The van der Waals surface area contributed by atoms with Gasteiger partial charge in [0.1, 0.15) is 12.1 Å².